The Kier molecular flexibility index (Phi) is 4.20. The molecule has 6 heteroatoms. The molecule has 1 aliphatic heterocycles. The van der Waals surface area contributed by atoms with Crippen molar-refractivity contribution in [3.05, 3.63) is 29.8 Å². The Hall–Kier alpha value is -2.55. The molecule has 2 rings (SSSR count). The van der Waals surface area contributed by atoms with E-state index in [9.17, 15) is 9.59 Å². The maximum Gasteiger partial charge on any atom is 0.347 e. The summed E-state index contributed by atoms with van der Waals surface area (Å²) in [5.41, 5.74) is 1.24. The molecule has 20 heavy (non-hydrogen) atoms. The van der Waals surface area contributed by atoms with Gasteiger partial charge in [0.1, 0.15) is 12.6 Å². The van der Waals surface area contributed by atoms with Gasteiger partial charge in [0.25, 0.3) is 0 Å². The van der Waals surface area contributed by atoms with Crippen LogP contribution in [-0.2, 0) is 19.1 Å². The molecule has 104 valence electrons. The quantitative estimate of drug-likeness (QED) is 0.830. The predicted molar refractivity (Wildman–Crippen MR) is 69.7 cm³/mol. The van der Waals surface area contributed by atoms with Crippen LogP contribution in [0.1, 0.15) is 18.9 Å². The Morgan fingerprint density at radius 1 is 1.50 bits per heavy atom. The van der Waals surface area contributed by atoms with E-state index in [1.54, 1.807) is 31.2 Å². The van der Waals surface area contributed by atoms with Gasteiger partial charge in [-0.2, -0.15) is 5.26 Å². The molecule has 0 aliphatic carbocycles. The number of ether oxygens (including phenoxy) is 2. The van der Waals surface area contributed by atoms with Crippen LogP contribution in [0.4, 0.5) is 5.69 Å². The molecular weight excluding hydrogens is 260 g/mol. The number of esters is 2. The minimum Gasteiger partial charge on any atom is -0.460 e. The second-order valence-electron chi connectivity index (χ2n) is 4.50. The summed E-state index contributed by atoms with van der Waals surface area (Å²) >= 11 is 0. The number of carbonyl (C=O) groups excluding carboxylic acids is 2. The van der Waals surface area contributed by atoms with Crippen LogP contribution in [0.15, 0.2) is 24.3 Å². The first-order chi connectivity index (χ1) is 9.58. The van der Waals surface area contributed by atoms with Crippen molar-refractivity contribution in [2.24, 2.45) is 0 Å². The monoisotopic (exact) mass is 274 g/mol. The highest BCUT2D eigenvalue weighted by Gasteiger charge is 2.34. The summed E-state index contributed by atoms with van der Waals surface area (Å²) in [5.74, 6) is -1.02. The summed E-state index contributed by atoms with van der Waals surface area (Å²) in [4.78, 5) is 22.9. The first kappa shape index (κ1) is 13.9. The maximum absolute atomic E-state index is 11.6. The van der Waals surface area contributed by atoms with Gasteiger partial charge in [-0.05, 0) is 31.2 Å². The van der Waals surface area contributed by atoms with Crippen LogP contribution in [-0.4, -0.2) is 30.7 Å². The molecule has 1 aromatic rings. The zero-order valence-electron chi connectivity index (χ0n) is 11.0. The molecule has 0 spiro atoms. The minimum atomic E-state index is -0.805. The lowest BCUT2D eigenvalue weighted by Gasteiger charge is -2.09. The topological polar surface area (TPSA) is 88.4 Å². The number of hydrogen-bond donors (Lipinski definition) is 1. The Balaban J connectivity index is 1.80. The third-order valence-corrected chi connectivity index (χ3v) is 2.85. The molecule has 2 atom stereocenters. The van der Waals surface area contributed by atoms with Crippen LogP contribution in [0.25, 0.3) is 0 Å². The van der Waals surface area contributed by atoms with E-state index in [4.69, 9.17) is 14.7 Å². The van der Waals surface area contributed by atoms with Crippen molar-refractivity contribution in [1.29, 1.82) is 5.26 Å². The lowest BCUT2D eigenvalue weighted by Crippen LogP contribution is -2.26. The Labute approximate surface area is 116 Å². The summed E-state index contributed by atoms with van der Waals surface area (Å²) < 4.78 is 9.93. The molecule has 1 fully saturated rings. The Bertz CT molecular complexity index is 547. The van der Waals surface area contributed by atoms with Crippen molar-refractivity contribution >= 4 is 17.6 Å². The van der Waals surface area contributed by atoms with E-state index >= 15 is 0 Å². The number of anilines is 1. The second kappa shape index (κ2) is 6.06. The Morgan fingerprint density at radius 2 is 2.20 bits per heavy atom. The van der Waals surface area contributed by atoms with Crippen LogP contribution in [0.5, 0.6) is 0 Å². The van der Waals surface area contributed by atoms with Gasteiger partial charge in [-0.15, -0.1) is 0 Å². The third kappa shape index (κ3) is 3.48. The van der Waals surface area contributed by atoms with Crippen molar-refractivity contribution in [3.63, 3.8) is 0 Å². The highest BCUT2D eigenvalue weighted by Crippen LogP contribution is 2.17. The molecule has 1 aromatic carbocycles. The van der Waals surface area contributed by atoms with E-state index in [0.717, 1.165) is 0 Å². The van der Waals surface area contributed by atoms with Crippen molar-refractivity contribution in [3.8, 4) is 6.07 Å². The molecule has 1 saturated heterocycles. The summed E-state index contributed by atoms with van der Waals surface area (Å²) in [5, 5.41) is 11.5. The molecular formula is C14H14N2O4. The van der Waals surface area contributed by atoms with Gasteiger partial charge in [0.2, 0.25) is 6.10 Å². The SMILES string of the molecule is C[C@H]1C[C@@H](OC(=O)CNc2ccc(C#N)cc2)C(=O)O1. The number of benzene rings is 1. The lowest BCUT2D eigenvalue weighted by atomic mass is 10.2. The fourth-order valence-electron chi connectivity index (χ4n) is 1.85. The van der Waals surface area contributed by atoms with E-state index in [1.165, 1.54) is 0 Å². The molecule has 1 heterocycles. The Morgan fingerprint density at radius 3 is 2.75 bits per heavy atom. The fraction of sp³-hybridized carbons (Fsp3) is 0.357. The number of rotatable bonds is 4. The number of hydrogen-bond acceptors (Lipinski definition) is 6. The van der Waals surface area contributed by atoms with E-state index in [1.807, 2.05) is 6.07 Å². The third-order valence-electron chi connectivity index (χ3n) is 2.85. The number of carbonyl (C=O) groups is 2. The second-order valence-corrected chi connectivity index (χ2v) is 4.50. The van der Waals surface area contributed by atoms with Crippen LogP contribution in [0, 0.1) is 11.3 Å². The summed E-state index contributed by atoms with van der Waals surface area (Å²) in [6, 6.07) is 8.67. The lowest BCUT2D eigenvalue weighted by molar-refractivity contribution is -0.159. The standard InChI is InChI=1S/C14H14N2O4/c1-9-6-12(14(18)19-9)20-13(17)8-16-11-4-2-10(7-15)3-5-11/h2-5,9,12,16H,6,8H2,1H3/t9-,12+/m0/s1. The molecule has 0 unspecified atom stereocenters. The average Bonchev–Trinajstić information content (AvgIpc) is 2.75. The molecule has 0 bridgehead atoms. The van der Waals surface area contributed by atoms with E-state index in [2.05, 4.69) is 5.32 Å². The van der Waals surface area contributed by atoms with Crippen molar-refractivity contribution < 1.29 is 19.1 Å². The van der Waals surface area contributed by atoms with Gasteiger partial charge in [-0.1, -0.05) is 0 Å². The van der Waals surface area contributed by atoms with Crippen LogP contribution < -0.4 is 5.32 Å². The smallest absolute Gasteiger partial charge is 0.347 e. The van der Waals surface area contributed by atoms with Gasteiger partial charge in [-0.3, -0.25) is 4.79 Å². The largest absolute Gasteiger partial charge is 0.460 e. The summed E-state index contributed by atoms with van der Waals surface area (Å²) in [7, 11) is 0. The van der Waals surface area contributed by atoms with Gasteiger partial charge in [0.15, 0.2) is 0 Å². The van der Waals surface area contributed by atoms with Crippen LogP contribution in [0.3, 0.4) is 0 Å². The number of nitriles is 1. The van der Waals surface area contributed by atoms with Crippen molar-refractivity contribution in [2.75, 3.05) is 11.9 Å². The van der Waals surface area contributed by atoms with E-state index < -0.39 is 18.0 Å². The zero-order valence-corrected chi connectivity index (χ0v) is 11.0. The molecule has 1 N–H and O–H groups in total. The molecule has 0 radical (unpaired) electrons. The normalized spacial score (nSPS) is 20.9. The van der Waals surface area contributed by atoms with Crippen molar-refractivity contribution in [2.45, 2.75) is 25.6 Å². The van der Waals surface area contributed by atoms with E-state index in [0.29, 0.717) is 17.7 Å². The first-order valence-electron chi connectivity index (χ1n) is 6.22. The highest BCUT2D eigenvalue weighted by atomic mass is 16.6. The minimum absolute atomic E-state index is 0.0515. The van der Waals surface area contributed by atoms with Crippen LogP contribution >= 0.6 is 0 Å². The van der Waals surface area contributed by atoms with Gasteiger partial charge in [0.05, 0.1) is 11.6 Å². The zero-order chi connectivity index (χ0) is 14.5. The summed E-state index contributed by atoms with van der Waals surface area (Å²) in [6.45, 7) is 1.70. The fourth-order valence-corrected chi connectivity index (χ4v) is 1.85. The van der Waals surface area contributed by atoms with Crippen LogP contribution in [0.2, 0.25) is 0 Å². The number of nitrogens with zero attached hydrogens (tertiary/aromatic N) is 1. The molecule has 0 saturated carbocycles. The molecule has 6 nitrogen and oxygen atoms in total. The number of cyclic esters (lactones) is 1. The number of nitrogens with one attached hydrogen (secondary N) is 1. The summed E-state index contributed by atoms with van der Waals surface area (Å²) in [6.07, 6.45) is -0.631. The van der Waals surface area contributed by atoms with Gasteiger partial charge in [-0.25, -0.2) is 4.79 Å². The first-order valence-corrected chi connectivity index (χ1v) is 6.22. The average molecular weight is 274 g/mol. The van der Waals surface area contributed by atoms with Gasteiger partial charge in [0, 0.05) is 12.1 Å². The van der Waals surface area contributed by atoms with Gasteiger partial charge >= 0.3 is 11.9 Å². The molecule has 0 aromatic heterocycles. The highest BCUT2D eigenvalue weighted by molar-refractivity contribution is 5.82. The van der Waals surface area contributed by atoms with Crippen molar-refractivity contribution in [1.82, 2.24) is 0 Å². The molecule has 1 aliphatic rings. The predicted octanol–water partition coefficient (Wildman–Crippen LogP) is 1.22. The molecule has 0 amide bonds. The maximum atomic E-state index is 11.6. The van der Waals surface area contributed by atoms with E-state index in [-0.39, 0.29) is 12.6 Å². The van der Waals surface area contributed by atoms with Gasteiger partial charge < -0.3 is 14.8 Å².